The van der Waals surface area contributed by atoms with Crippen molar-refractivity contribution < 1.29 is 14.2 Å². The zero-order valence-electron chi connectivity index (χ0n) is 21.5. The number of hydrogen-bond acceptors (Lipinski definition) is 3. The van der Waals surface area contributed by atoms with E-state index in [1.54, 1.807) is 0 Å². The van der Waals surface area contributed by atoms with Gasteiger partial charge in [0.1, 0.15) is 17.2 Å². The Balaban J connectivity index is 2.23. The molecule has 3 atom stereocenters. The van der Waals surface area contributed by atoms with E-state index in [0.29, 0.717) is 0 Å². The third-order valence-corrected chi connectivity index (χ3v) is 8.58. The van der Waals surface area contributed by atoms with E-state index in [9.17, 15) is 0 Å². The van der Waals surface area contributed by atoms with Gasteiger partial charge in [-0.05, 0) is 66.2 Å². The Morgan fingerprint density at radius 1 is 0.500 bits per heavy atom. The zero-order valence-corrected chi connectivity index (χ0v) is 22.3. The van der Waals surface area contributed by atoms with Gasteiger partial charge in [0.25, 0.3) is 0 Å². The van der Waals surface area contributed by atoms with E-state index in [0.717, 1.165) is 36.5 Å². The van der Waals surface area contributed by atoms with Crippen LogP contribution in [0.1, 0.15) is 60.8 Å². The lowest BCUT2D eigenvalue weighted by atomic mass is 10.3. The molecule has 0 saturated heterocycles. The van der Waals surface area contributed by atoms with E-state index in [-0.39, 0.29) is 18.3 Å². The van der Waals surface area contributed by atoms with Crippen molar-refractivity contribution in [3.05, 3.63) is 72.8 Å². The summed E-state index contributed by atoms with van der Waals surface area (Å²) in [5.41, 5.74) is 0. The van der Waals surface area contributed by atoms with Crippen molar-refractivity contribution in [1.29, 1.82) is 0 Å². The van der Waals surface area contributed by atoms with Crippen molar-refractivity contribution in [2.45, 2.75) is 79.1 Å². The summed E-state index contributed by atoms with van der Waals surface area (Å²) in [6.07, 6.45) is 3.26. The molecule has 0 aliphatic carbocycles. The molecule has 3 aromatic carbocycles. The number of ether oxygens (including phenoxy) is 3. The second-order valence-electron chi connectivity index (χ2n) is 8.75. The maximum atomic E-state index is 6.44. The maximum Gasteiger partial charge on any atom is 0.128 e. The quantitative estimate of drug-likeness (QED) is 0.263. The highest BCUT2D eigenvalue weighted by molar-refractivity contribution is 7.80. The lowest BCUT2D eigenvalue weighted by Crippen LogP contribution is -2.27. The van der Waals surface area contributed by atoms with Gasteiger partial charge < -0.3 is 14.2 Å². The highest BCUT2D eigenvalue weighted by Crippen LogP contribution is 2.42. The second kappa shape index (κ2) is 12.8. The molecular formula is C30H39O3P. The van der Waals surface area contributed by atoms with Crippen LogP contribution in [0.25, 0.3) is 0 Å². The molecule has 4 heteroatoms. The van der Waals surface area contributed by atoms with Crippen molar-refractivity contribution in [2.24, 2.45) is 0 Å². The van der Waals surface area contributed by atoms with E-state index in [2.05, 4.69) is 114 Å². The number of rotatable bonds is 12. The third kappa shape index (κ3) is 6.54. The van der Waals surface area contributed by atoms with Gasteiger partial charge in [-0.3, -0.25) is 0 Å². The first-order valence-electron chi connectivity index (χ1n) is 12.6. The number of para-hydroxylation sites is 3. The SMILES string of the molecule is CCC(C)Oc1ccccc1P(c1ccccc1OC(C)CC)c1ccccc1OC(C)CC. The van der Waals surface area contributed by atoms with Crippen molar-refractivity contribution in [1.82, 2.24) is 0 Å². The normalized spacial score (nSPS) is 14.6. The minimum Gasteiger partial charge on any atom is -0.490 e. The Labute approximate surface area is 207 Å². The molecule has 3 unspecified atom stereocenters. The van der Waals surface area contributed by atoms with E-state index < -0.39 is 7.92 Å². The summed E-state index contributed by atoms with van der Waals surface area (Å²) in [6, 6.07) is 25.3. The molecule has 0 fully saturated rings. The highest BCUT2D eigenvalue weighted by atomic mass is 31.1. The molecule has 0 spiro atoms. The van der Waals surface area contributed by atoms with Gasteiger partial charge in [0.15, 0.2) is 0 Å². The summed E-state index contributed by atoms with van der Waals surface area (Å²) in [7, 11) is -0.990. The molecule has 3 aromatic rings. The molecule has 3 nitrogen and oxygen atoms in total. The first-order valence-corrected chi connectivity index (χ1v) is 13.9. The molecule has 0 heterocycles. The summed E-state index contributed by atoms with van der Waals surface area (Å²) in [6.45, 7) is 12.8. The average Bonchev–Trinajstić information content (AvgIpc) is 2.86. The van der Waals surface area contributed by atoms with Crippen molar-refractivity contribution in [3.63, 3.8) is 0 Å². The van der Waals surface area contributed by atoms with Gasteiger partial charge in [-0.15, -0.1) is 0 Å². The first-order chi connectivity index (χ1) is 16.5. The number of hydrogen-bond donors (Lipinski definition) is 0. The molecule has 182 valence electrons. The Kier molecular flexibility index (Phi) is 9.84. The van der Waals surface area contributed by atoms with Crippen LogP contribution in [0.4, 0.5) is 0 Å². The Hall–Kier alpha value is -2.51. The van der Waals surface area contributed by atoms with E-state index in [4.69, 9.17) is 14.2 Å². The molecule has 0 bridgehead atoms. The van der Waals surface area contributed by atoms with Gasteiger partial charge in [-0.1, -0.05) is 75.4 Å². The minimum atomic E-state index is -0.990. The van der Waals surface area contributed by atoms with Gasteiger partial charge in [0.05, 0.1) is 18.3 Å². The summed E-state index contributed by atoms with van der Waals surface area (Å²) < 4.78 is 19.3. The lowest BCUT2D eigenvalue weighted by Gasteiger charge is -2.28. The van der Waals surface area contributed by atoms with Crippen LogP contribution in [0.15, 0.2) is 72.8 Å². The Morgan fingerprint density at radius 2 is 0.765 bits per heavy atom. The summed E-state index contributed by atoms with van der Waals surface area (Å²) in [5.74, 6) is 2.79. The average molecular weight is 479 g/mol. The zero-order chi connectivity index (χ0) is 24.5. The van der Waals surface area contributed by atoms with E-state index in [1.807, 2.05) is 0 Å². The second-order valence-corrected chi connectivity index (χ2v) is 10.9. The van der Waals surface area contributed by atoms with Crippen molar-refractivity contribution >= 4 is 23.8 Å². The van der Waals surface area contributed by atoms with Crippen molar-refractivity contribution in [3.8, 4) is 17.2 Å². The van der Waals surface area contributed by atoms with E-state index in [1.165, 1.54) is 15.9 Å². The predicted octanol–water partition coefficient (Wildman–Crippen LogP) is 6.98. The van der Waals surface area contributed by atoms with Crippen LogP contribution >= 0.6 is 7.92 Å². The maximum absolute atomic E-state index is 6.44. The molecule has 3 rings (SSSR count). The van der Waals surface area contributed by atoms with E-state index >= 15 is 0 Å². The van der Waals surface area contributed by atoms with Gasteiger partial charge >= 0.3 is 0 Å². The van der Waals surface area contributed by atoms with Crippen LogP contribution in [-0.4, -0.2) is 18.3 Å². The van der Waals surface area contributed by atoms with Crippen LogP contribution < -0.4 is 30.1 Å². The standard InChI is InChI=1S/C30H39O3P/c1-7-22(4)31-25-16-10-13-19-28(25)34(29-20-14-11-17-26(29)32-23(5)8-2)30-21-15-12-18-27(30)33-24(6)9-3/h10-24H,7-9H2,1-6H3. The van der Waals surface area contributed by atoms with Crippen LogP contribution in [0, 0.1) is 0 Å². The molecule has 0 saturated carbocycles. The first kappa shape index (κ1) is 26.1. The summed E-state index contributed by atoms with van der Waals surface area (Å²) >= 11 is 0. The van der Waals surface area contributed by atoms with Crippen molar-refractivity contribution in [2.75, 3.05) is 0 Å². The van der Waals surface area contributed by atoms with Gasteiger partial charge in [0.2, 0.25) is 0 Å². The lowest BCUT2D eigenvalue weighted by molar-refractivity contribution is 0.219. The van der Waals surface area contributed by atoms with Crippen LogP contribution in [0.3, 0.4) is 0 Å². The van der Waals surface area contributed by atoms with Gasteiger partial charge in [-0.2, -0.15) is 0 Å². The Bertz CT molecular complexity index is 903. The molecular weight excluding hydrogens is 439 g/mol. The molecule has 0 aliphatic heterocycles. The van der Waals surface area contributed by atoms with Crippen LogP contribution in [0.5, 0.6) is 17.2 Å². The molecule has 34 heavy (non-hydrogen) atoms. The third-order valence-electron chi connectivity index (χ3n) is 6.03. The largest absolute Gasteiger partial charge is 0.490 e. The predicted molar refractivity (Wildman–Crippen MR) is 146 cm³/mol. The molecule has 0 amide bonds. The summed E-state index contributed by atoms with van der Waals surface area (Å²) in [5, 5.41) is 3.54. The fourth-order valence-corrected chi connectivity index (χ4v) is 6.04. The molecule has 0 aromatic heterocycles. The fraction of sp³-hybridized carbons (Fsp3) is 0.400. The summed E-state index contributed by atoms with van der Waals surface area (Å²) in [4.78, 5) is 0. The van der Waals surface area contributed by atoms with Crippen LogP contribution in [0.2, 0.25) is 0 Å². The number of benzene rings is 3. The topological polar surface area (TPSA) is 27.7 Å². The van der Waals surface area contributed by atoms with Gasteiger partial charge in [0, 0.05) is 15.9 Å². The van der Waals surface area contributed by atoms with Crippen LogP contribution in [-0.2, 0) is 0 Å². The Morgan fingerprint density at radius 3 is 1.03 bits per heavy atom. The molecule has 0 radical (unpaired) electrons. The molecule has 0 aliphatic rings. The highest BCUT2D eigenvalue weighted by Gasteiger charge is 2.27. The van der Waals surface area contributed by atoms with Gasteiger partial charge in [-0.25, -0.2) is 0 Å². The minimum absolute atomic E-state index is 0.135. The monoisotopic (exact) mass is 478 g/mol. The smallest absolute Gasteiger partial charge is 0.128 e. The molecule has 0 N–H and O–H groups in total. The fourth-order valence-electron chi connectivity index (χ4n) is 3.51.